The molecule has 0 amide bonds. The third-order valence-electron chi connectivity index (χ3n) is 3.63. The molecular formula is C18H15NO3S. The number of benzene rings is 2. The molecule has 0 bridgehead atoms. The average Bonchev–Trinajstić information content (AvgIpc) is 2.86. The van der Waals surface area contributed by atoms with Gasteiger partial charge in [0.1, 0.15) is 11.5 Å². The van der Waals surface area contributed by atoms with Gasteiger partial charge in [0, 0.05) is 10.4 Å². The molecule has 23 heavy (non-hydrogen) atoms. The van der Waals surface area contributed by atoms with Crippen molar-refractivity contribution in [3.05, 3.63) is 59.0 Å². The van der Waals surface area contributed by atoms with Crippen LogP contribution < -0.4 is 0 Å². The molecule has 0 fully saturated rings. The molecule has 3 rings (SSSR count). The number of phenols is 2. The first-order valence-electron chi connectivity index (χ1n) is 7.00. The Morgan fingerprint density at radius 1 is 0.870 bits per heavy atom. The monoisotopic (exact) mass is 325 g/mol. The van der Waals surface area contributed by atoms with Crippen molar-refractivity contribution in [3.63, 3.8) is 0 Å². The van der Waals surface area contributed by atoms with E-state index in [4.69, 9.17) is 5.21 Å². The molecule has 0 unspecified atom stereocenters. The van der Waals surface area contributed by atoms with Crippen LogP contribution in [0.3, 0.4) is 0 Å². The van der Waals surface area contributed by atoms with Gasteiger partial charge in [-0.15, -0.1) is 11.3 Å². The second kappa shape index (κ2) is 6.14. The standard InChI is InChI=1S/C18H15NO3S/c1-11-17(12-2-6-14(20)7-3-12)16(10-19-22)23-18(11)13-4-8-15(21)9-5-13/h2-10,20-22H,1H3/b19-10+. The lowest BCUT2D eigenvalue weighted by atomic mass is 9.99. The van der Waals surface area contributed by atoms with Crippen molar-refractivity contribution in [1.29, 1.82) is 0 Å². The molecule has 3 aromatic rings. The van der Waals surface area contributed by atoms with Crippen molar-refractivity contribution in [1.82, 2.24) is 0 Å². The lowest BCUT2D eigenvalue weighted by Gasteiger charge is -2.05. The highest BCUT2D eigenvalue weighted by atomic mass is 32.1. The topological polar surface area (TPSA) is 73.1 Å². The Bertz CT molecular complexity index is 849. The quantitative estimate of drug-likeness (QED) is 0.374. The summed E-state index contributed by atoms with van der Waals surface area (Å²) >= 11 is 1.52. The van der Waals surface area contributed by atoms with Gasteiger partial charge in [-0.25, -0.2) is 0 Å². The van der Waals surface area contributed by atoms with Crippen LogP contribution >= 0.6 is 11.3 Å². The third-order valence-corrected chi connectivity index (χ3v) is 4.91. The van der Waals surface area contributed by atoms with Crippen LogP contribution in [0, 0.1) is 6.92 Å². The largest absolute Gasteiger partial charge is 0.508 e. The van der Waals surface area contributed by atoms with E-state index < -0.39 is 0 Å². The van der Waals surface area contributed by atoms with Crippen LogP contribution in [0.5, 0.6) is 11.5 Å². The van der Waals surface area contributed by atoms with Crippen LogP contribution in [0.25, 0.3) is 21.6 Å². The molecule has 0 aliphatic heterocycles. The number of oxime groups is 1. The van der Waals surface area contributed by atoms with E-state index in [0.717, 1.165) is 32.0 Å². The SMILES string of the molecule is Cc1c(-c2ccc(O)cc2)sc(/C=N/O)c1-c1ccc(O)cc1. The normalized spacial score (nSPS) is 11.2. The van der Waals surface area contributed by atoms with Crippen molar-refractivity contribution < 1.29 is 15.4 Å². The molecule has 0 saturated carbocycles. The maximum absolute atomic E-state index is 9.47. The number of aromatic hydroxyl groups is 2. The third kappa shape index (κ3) is 2.91. The Hall–Kier alpha value is -2.79. The fraction of sp³-hybridized carbons (Fsp3) is 0.0556. The number of phenolic OH excluding ortho intramolecular Hbond substituents is 2. The van der Waals surface area contributed by atoms with Gasteiger partial charge in [-0.3, -0.25) is 0 Å². The van der Waals surface area contributed by atoms with E-state index in [1.54, 1.807) is 24.3 Å². The minimum atomic E-state index is 0.206. The second-order valence-corrected chi connectivity index (χ2v) is 6.19. The molecule has 5 heteroatoms. The van der Waals surface area contributed by atoms with E-state index in [1.165, 1.54) is 17.6 Å². The molecule has 4 nitrogen and oxygen atoms in total. The summed E-state index contributed by atoms with van der Waals surface area (Å²) in [5, 5.41) is 31.0. The summed E-state index contributed by atoms with van der Waals surface area (Å²) < 4.78 is 0. The Kier molecular flexibility index (Phi) is 4.04. The van der Waals surface area contributed by atoms with Gasteiger partial charge in [0.25, 0.3) is 0 Å². The summed E-state index contributed by atoms with van der Waals surface area (Å²) in [6.45, 7) is 2.01. The molecule has 0 radical (unpaired) electrons. The van der Waals surface area contributed by atoms with Gasteiger partial charge in [0.2, 0.25) is 0 Å². The zero-order valence-electron chi connectivity index (χ0n) is 12.4. The summed E-state index contributed by atoms with van der Waals surface area (Å²) in [6.07, 6.45) is 1.42. The van der Waals surface area contributed by atoms with Crippen LogP contribution in [0.2, 0.25) is 0 Å². The van der Waals surface area contributed by atoms with E-state index in [0.29, 0.717) is 0 Å². The number of rotatable bonds is 3. The zero-order valence-corrected chi connectivity index (χ0v) is 13.2. The fourth-order valence-electron chi connectivity index (χ4n) is 2.55. The second-order valence-electron chi connectivity index (χ2n) is 5.13. The molecule has 2 aromatic carbocycles. The van der Waals surface area contributed by atoms with E-state index in [2.05, 4.69) is 5.16 Å². The number of hydrogen-bond donors (Lipinski definition) is 3. The van der Waals surface area contributed by atoms with Crippen molar-refractivity contribution >= 4 is 17.6 Å². The molecule has 0 spiro atoms. The molecule has 0 saturated heterocycles. The molecular weight excluding hydrogens is 310 g/mol. The summed E-state index contributed by atoms with van der Waals surface area (Å²) in [5.74, 6) is 0.427. The minimum absolute atomic E-state index is 0.206. The van der Waals surface area contributed by atoms with Crippen LogP contribution in [0.15, 0.2) is 53.7 Å². The van der Waals surface area contributed by atoms with Gasteiger partial charge in [-0.05, 0) is 60.0 Å². The highest BCUT2D eigenvalue weighted by Crippen LogP contribution is 2.41. The smallest absolute Gasteiger partial charge is 0.115 e. The van der Waals surface area contributed by atoms with E-state index in [-0.39, 0.29) is 11.5 Å². The molecule has 0 aliphatic rings. The van der Waals surface area contributed by atoms with Crippen molar-refractivity contribution in [3.8, 4) is 33.1 Å². The highest BCUT2D eigenvalue weighted by molar-refractivity contribution is 7.18. The van der Waals surface area contributed by atoms with Crippen LogP contribution in [0.4, 0.5) is 0 Å². The van der Waals surface area contributed by atoms with Gasteiger partial charge in [0.15, 0.2) is 0 Å². The van der Waals surface area contributed by atoms with E-state index in [9.17, 15) is 10.2 Å². The van der Waals surface area contributed by atoms with Gasteiger partial charge < -0.3 is 15.4 Å². The summed E-state index contributed by atoms with van der Waals surface area (Å²) in [5.41, 5.74) is 3.96. The van der Waals surface area contributed by atoms with Crippen LogP contribution in [-0.4, -0.2) is 21.6 Å². The van der Waals surface area contributed by atoms with Gasteiger partial charge in [-0.1, -0.05) is 17.3 Å². The number of nitrogens with zero attached hydrogens (tertiary/aromatic N) is 1. The van der Waals surface area contributed by atoms with Crippen LogP contribution in [-0.2, 0) is 0 Å². The Labute approximate surface area is 137 Å². The molecule has 1 heterocycles. The fourth-order valence-corrected chi connectivity index (χ4v) is 3.76. The summed E-state index contributed by atoms with van der Waals surface area (Å²) in [4.78, 5) is 1.88. The minimum Gasteiger partial charge on any atom is -0.508 e. The lowest BCUT2D eigenvalue weighted by Crippen LogP contribution is -1.85. The van der Waals surface area contributed by atoms with Crippen LogP contribution in [0.1, 0.15) is 10.4 Å². The number of hydrogen-bond acceptors (Lipinski definition) is 5. The molecule has 116 valence electrons. The molecule has 0 atom stereocenters. The number of thiophene rings is 1. The first kappa shape index (κ1) is 15.1. The summed E-state index contributed by atoms with van der Waals surface area (Å²) in [7, 11) is 0. The first-order chi connectivity index (χ1) is 11.1. The van der Waals surface area contributed by atoms with Gasteiger partial charge in [0.05, 0.1) is 11.1 Å². The van der Waals surface area contributed by atoms with E-state index in [1.807, 2.05) is 31.2 Å². The van der Waals surface area contributed by atoms with Crippen molar-refractivity contribution in [2.45, 2.75) is 6.92 Å². The zero-order chi connectivity index (χ0) is 16.4. The predicted molar refractivity (Wildman–Crippen MR) is 92.6 cm³/mol. The van der Waals surface area contributed by atoms with Crippen molar-refractivity contribution in [2.75, 3.05) is 0 Å². The van der Waals surface area contributed by atoms with Gasteiger partial charge >= 0.3 is 0 Å². The molecule has 3 N–H and O–H groups in total. The highest BCUT2D eigenvalue weighted by Gasteiger charge is 2.17. The maximum atomic E-state index is 9.47. The average molecular weight is 325 g/mol. The lowest BCUT2D eigenvalue weighted by molar-refractivity contribution is 0.322. The molecule has 1 aromatic heterocycles. The Balaban J connectivity index is 2.19. The Morgan fingerprint density at radius 2 is 1.39 bits per heavy atom. The van der Waals surface area contributed by atoms with Gasteiger partial charge in [-0.2, -0.15) is 0 Å². The maximum Gasteiger partial charge on any atom is 0.115 e. The first-order valence-corrected chi connectivity index (χ1v) is 7.81. The molecule has 0 aliphatic carbocycles. The summed E-state index contributed by atoms with van der Waals surface area (Å²) in [6, 6.07) is 13.9. The van der Waals surface area contributed by atoms with Crippen molar-refractivity contribution in [2.24, 2.45) is 5.16 Å². The Morgan fingerprint density at radius 3 is 1.91 bits per heavy atom. The van der Waals surface area contributed by atoms with E-state index >= 15 is 0 Å². The predicted octanol–water partition coefficient (Wildman–Crippen LogP) is 4.61.